The fraction of sp³-hybridized carbons (Fsp3) is 0.500. The van der Waals surface area contributed by atoms with E-state index in [1.807, 2.05) is 6.20 Å². The Morgan fingerprint density at radius 2 is 1.86 bits per heavy atom. The standard InChI is InChI=1S/C18H27N3/c1-5-7-14(6-2)12-16-13-19-18(20-16)15-8-10-17(11-9-15)21(3)4/h8-11,13-14H,5-7,12H2,1-4H3,(H,19,20). The van der Waals surface area contributed by atoms with Gasteiger partial charge in [-0.05, 0) is 36.6 Å². The van der Waals surface area contributed by atoms with E-state index < -0.39 is 0 Å². The molecule has 0 aliphatic carbocycles. The highest BCUT2D eigenvalue weighted by Crippen LogP contribution is 2.22. The van der Waals surface area contributed by atoms with Gasteiger partial charge in [-0.2, -0.15) is 0 Å². The van der Waals surface area contributed by atoms with Gasteiger partial charge in [0.1, 0.15) is 5.82 Å². The molecule has 0 saturated heterocycles. The summed E-state index contributed by atoms with van der Waals surface area (Å²) in [5.41, 5.74) is 3.61. The minimum Gasteiger partial charge on any atom is -0.378 e. The summed E-state index contributed by atoms with van der Waals surface area (Å²) in [6, 6.07) is 8.51. The molecule has 0 fully saturated rings. The van der Waals surface area contributed by atoms with Crippen LogP contribution in [0, 0.1) is 5.92 Å². The van der Waals surface area contributed by atoms with Crippen molar-refractivity contribution < 1.29 is 0 Å². The minimum absolute atomic E-state index is 0.763. The van der Waals surface area contributed by atoms with E-state index in [4.69, 9.17) is 0 Å². The van der Waals surface area contributed by atoms with Crippen LogP contribution < -0.4 is 4.90 Å². The van der Waals surface area contributed by atoms with Crippen molar-refractivity contribution in [2.45, 2.75) is 39.5 Å². The molecular weight excluding hydrogens is 258 g/mol. The molecule has 2 aromatic rings. The molecule has 1 aromatic carbocycles. The summed E-state index contributed by atoms with van der Waals surface area (Å²) >= 11 is 0. The first-order chi connectivity index (χ1) is 10.1. The molecule has 1 unspecified atom stereocenters. The van der Waals surface area contributed by atoms with Crippen LogP contribution in [-0.2, 0) is 6.42 Å². The molecule has 0 saturated carbocycles. The largest absolute Gasteiger partial charge is 0.378 e. The van der Waals surface area contributed by atoms with Gasteiger partial charge in [0.05, 0.1) is 0 Å². The van der Waals surface area contributed by atoms with E-state index in [0.29, 0.717) is 0 Å². The van der Waals surface area contributed by atoms with Crippen molar-refractivity contribution in [3.8, 4) is 11.4 Å². The number of nitrogens with one attached hydrogen (secondary N) is 1. The fourth-order valence-corrected chi connectivity index (χ4v) is 2.70. The molecular formula is C18H27N3. The predicted octanol–water partition coefficient (Wildman–Crippen LogP) is 4.51. The van der Waals surface area contributed by atoms with Gasteiger partial charge < -0.3 is 9.88 Å². The van der Waals surface area contributed by atoms with Crippen LogP contribution in [0.4, 0.5) is 5.69 Å². The molecule has 3 heteroatoms. The summed E-state index contributed by atoms with van der Waals surface area (Å²) in [6.07, 6.45) is 6.88. The molecule has 0 bridgehead atoms. The smallest absolute Gasteiger partial charge is 0.137 e. The molecule has 2 rings (SSSR count). The number of H-pyrrole nitrogens is 1. The van der Waals surface area contributed by atoms with Crippen molar-refractivity contribution >= 4 is 5.69 Å². The molecule has 114 valence electrons. The number of nitrogens with zero attached hydrogens (tertiary/aromatic N) is 2. The second kappa shape index (κ2) is 7.30. The van der Waals surface area contributed by atoms with Gasteiger partial charge in [0, 0.05) is 37.2 Å². The SMILES string of the molecule is CCCC(CC)Cc1cnc(-c2ccc(N(C)C)cc2)[nH]1. The molecule has 0 aliphatic heterocycles. The monoisotopic (exact) mass is 285 g/mol. The number of aromatic nitrogens is 2. The predicted molar refractivity (Wildman–Crippen MR) is 90.7 cm³/mol. The molecule has 0 spiro atoms. The Morgan fingerprint density at radius 3 is 2.43 bits per heavy atom. The van der Waals surface area contributed by atoms with Crippen LogP contribution in [0.5, 0.6) is 0 Å². The molecule has 0 aliphatic rings. The molecule has 0 amide bonds. The third-order valence-electron chi connectivity index (χ3n) is 4.07. The quantitative estimate of drug-likeness (QED) is 0.811. The molecule has 1 heterocycles. The van der Waals surface area contributed by atoms with Crippen molar-refractivity contribution in [3.63, 3.8) is 0 Å². The van der Waals surface area contributed by atoms with Crippen molar-refractivity contribution in [2.24, 2.45) is 5.92 Å². The highest BCUT2D eigenvalue weighted by molar-refractivity contribution is 5.60. The Morgan fingerprint density at radius 1 is 1.14 bits per heavy atom. The van der Waals surface area contributed by atoms with E-state index in [0.717, 1.165) is 23.7 Å². The lowest BCUT2D eigenvalue weighted by Crippen LogP contribution is -2.07. The normalized spacial score (nSPS) is 12.4. The highest BCUT2D eigenvalue weighted by Gasteiger charge is 2.10. The summed E-state index contributed by atoms with van der Waals surface area (Å²) in [5, 5.41) is 0. The molecule has 1 N–H and O–H groups in total. The number of hydrogen-bond acceptors (Lipinski definition) is 2. The maximum absolute atomic E-state index is 4.54. The van der Waals surface area contributed by atoms with Gasteiger partial charge in [0.25, 0.3) is 0 Å². The summed E-state index contributed by atoms with van der Waals surface area (Å²) in [6.45, 7) is 4.53. The Hall–Kier alpha value is -1.77. The molecule has 0 radical (unpaired) electrons. The van der Waals surface area contributed by atoms with E-state index in [9.17, 15) is 0 Å². The summed E-state index contributed by atoms with van der Waals surface area (Å²) in [5.74, 6) is 1.74. The second-order valence-corrected chi connectivity index (χ2v) is 5.97. The van der Waals surface area contributed by atoms with Gasteiger partial charge in [-0.15, -0.1) is 0 Å². The highest BCUT2D eigenvalue weighted by atomic mass is 15.1. The molecule has 3 nitrogen and oxygen atoms in total. The average molecular weight is 285 g/mol. The lowest BCUT2D eigenvalue weighted by molar-refractivity contribution is 0.458. The van der Waals surface area contributed by atoms with E-state index >= 15 is 0 Å². The maximum atomic E-state index is 4.54. The molecule has 21 heavy (non-hydrogen) atoms. The topological polar surface area (TPSA) is 31.9 Å². The Balaban J connectivity index is 2.08. The molecule has 1 aromatic heterocycles. The Kier molecular flexibility index (Phi) is 5.43. The van der Waals surface area contributed by atoms with Crippen LogP contribution in [0.1, 0.15) is 38.8 Å². The van der Waals surface area contributed by atoms with Crippen LogP contribution in [0.3, 0.4) is 0 Å². The van der Waals surface area contributed by atoms with Crippen LogP contribution in [0.15, 0.2) is 30.5 Å². The average Bonchev–Trinajstić information content (AvgIpc) is 2.95. The number of imidazole rings is 1. The molecule has 1 atom stereocenters. The first-order valence-corrected chi connectivity index (χ1v) is 7.95. The summed E-state index contributed by atoms with van der Waals surface area (Å²) < 4.78 is 0. The fourth-order valence-electron chi connectivity index (χ4n) is 2.70. The summed E-state index contributed by atoms with van der Waals surface area (Å²) in [7, 11) is 4.11. The Labute approximate surface area is 128 Å². The van der Waals surface area contributed by atoms with Crippen molar-refractivity contribution in [3.05, 3.63) is 36.2 Å². The summed E-state index contributed by atoms with van der Waals surface area (Å²) in [4.78, 5) is 10.1. The van der Waals surface area contributed by atoms with Gasteiger partial charge >= 0.3 is 0 Å². The second-order valence-electron chi connectivity index (χ2n) is 5.97. The first-order valence-electron chi connectivity index (χ1n) is 7.95. The van der Waals surface area contributed by atoms with Crippen molar-refractivity contribution in [2.75, 3.05) is 19.0 Å². The number of anilines is 1. The van der Waals surface area contributed by atoms with E-state index in [2.05, 4.69) is 67.1 Å². The van der Waals surface area contributed by atoms with Crippen LogP contribution in [0.25, 0.3) is 11.4 Å². The minimum atomic E-state index is 0.763. The van der Waals surface area contributed by atoms with Gasteiger partial charge in [-0.1, -0.05) is 33.1 Å². The van der Waals surface area contributed by atoms with Gasteiger partial charge in [0.2, 0.25) is 0 Å². The first kappa shape index (κ1) is 15.6. The number of hydrogen-bond donors (Lipinski definition) is 1. The van der Waals surface area contributed by atoms with E-state index in [1.54, 1.807) is 0 Å². The van der Waals surface area contributed by atoms with Gasteiger partial charge in [0.15, 0.2) is 0 Å². The number of aromatic amines is 1. The van der Waals surface area contributed by atoms with Crippen LogP contribution in [0.2, 0.25) is 0 Å². The number of benzene rings is 1. The number of rotatable bonds is 7. The zero-order valence-electron chi connectivity index (χ0n) is 13.7. The Bertz CT molecular complexity index is 540. The lowest BCUT2D eigenvalue weighted by Gasteiger charge is -2.12. The van der Waals surface area contributed by atoms with Crippen molar-refractivity contribution in [1.29, 1.82) is 0 Å². The lowest BCUT2D eigenvalue weighted by atomic mass is 9.96. The van der Waals surface area contributed by atoms with E-state index in [1.165, 1.54) is 30.6 Å². The maximum Gasteiger partial charge on any atom is 0.137 e. The third-order valence-corrected chi connectivity index (χ3v) is 4.07. The van der Waals surface area contributed by atoms with Gasteiger partial charge in [-0.25, -0.2) is 4.98 Å². The van der Waals surface area contributed by atoms with Crippen LogP contribution >= 0.6 is 0 Å². The van der Waals surface area contributed by atoms with Crippen LogP contribution in [-0.4, -0.2) is 24.1 Å². The van der Waals surface area contributed by atoms with Crippen molar-refractivity contribution in [1.82, 2.24) is 9.97 Å². The zero-order valence-corrected chi connectivity index (χ0v) is 13.7. The zero-order chi connectivity index (χ0) is 15.2. The third kappa shape index (κ3) is 4.10. The van der Waals surface area contributed by atoms with E-state index in [-0.39, 0.29) is 0 Å². The van der Waals surface area contributed by atoms with Gasteiger partial charge in [-0.3, -0.25) is 0 Å².